The molecule has 1 aromatic heterocycles. The number of rotatable bonds is 7. The van der Waals surface area contributed by atoms with E-state index in [2.05, 4.69) is 10.3 Å². The number of thiazole rings is 1. The molecule has 1 N–H and O–H groups in total. The van der Waals surface area contributed by atoms with Gasteiger partial charge in [0.2, 0.25) is 0 Å². The van der Waals surface area contributed by atoms with Crippen molar-refractivity contribution in [3.63, 3.8) is 0 Å². The Labute approximate surface area is 200 Å². The minimum atomic E-state index is -1.05. The highest BCUT2D eigenvalue weighted by atomic mass is 32.1. The molecule has 0 aliphatic heterocycles. The summed E-state index contributed by atoms with van der Waals surface area (Å²) in [6.07, 6.45) is -0.803. The van der Waals surface area contributed by atoms with Crippen molar-refractivity contribution in [1.82, 2.24) is 4.98 Å². The molecular weight excluding hydrogens is 452 g/mol. The third-order valence-corrected chi connectivity index (χ3v) is 6.24. The van der Waals surface area contributed by atoms with Gasteiger partial charge in [-0.1, -0.05) is 49.4 Å². The Balaban J connectivity index is 1.55. The van der Waals surface area contributed by atoms with Gasteiger partial charge in [0.05, 0.1) is 34.1 Å². The molecule has 1 atom stereocenters. The molecule has 0 aliphatic carbocycles. The number of nitrogens with one attached hydrogen (secondary N) is 1. The van der Waals surface area contributed by atoms with E-state index in [0.29, 0.717) is 16.1 Å². The van der Waals surface area contributed by atoms with Crippen LogP contribution in [-0.4, -0.2) is 36.0 Å². The first kappa shape index (κ1) is 23.1. The third-order valence-electron chi connectivity index (χ3n) is 5.17. The van der Waals surface area contributed by atoms with Crippen LogP contribution >= 0.6 is 11.3 Å². The molecule has 1 heterocycles. The van der Waals surface area contributed by atoms with Crippen molar-refractivity contribution in [3.05, 3.63) is 83.9 Å². The summed E-state index contributed by atoms with van der Waals surface area (Å²) in [7, 11) is 1.26. The van der Waals surface area contributed by atoms with Crippen LogP contribution < -0.4 is 5.32 Å². The van der Waals surface area contributed by atoms with Crippen molar-refractivity contribution in [1.29, 1.82) is 0 Å². The van der Waals surface area contributed by atoms with Crippen LogP contribution in [0, 0.1) is 0 Å². The van der Waals surface area contributed by atoms with Crippen molar-refractivity contribution in [2.24, 2.45) is 0 Å². The Hall–Kier alpha value is -4.04. The molecule has 172 valence electrons. The zero-order valence-corrected chi connectivity index (χ0v) is 19.4. The number of aromatic nitrogens is 1. The number of para-hydroxylation sites is 2. The molecule has 0 aliphatic rings. The number of amides is 1. The molecule has 34 heavy (non-hydrogen) atoms. The lowest BCUT2D eigenvalue weighted by Crippen LogP contribution is -2.32. The number of carbonyl (C=O) groups is 3. The third kappa shape index (κ3) is 4.82. The van der Waals surface area contributed by atoms with Crippen molar-refractivity contribution in [3.8, 4) is 10.6 Å². The zero-order valence-electron chi connectivity index (χ0n) is 18.6. The van der Waals surface area contributed by atoms with Gasteiger partial charge in [0.25, 0.3) is 5.91 Å². The number of benzene rings is 3. The van der Waals surface area contributed by atoms with Crippen LogP contribution in [-0.2, 0) is 14.3 Å². The molecule has 0 radical (unpaired) electrons. The first-order valence-corrected chi connectivity index (χ1v) is 11.5. The summed E-state index contributed by atoms with van der Waals surface area (Å²) in [5.41, 5.74) is 2.30. The molecule has 0 fully saturated rings. The molecule has 4 rings (SSSR count). The van der Waals surface area contributed by atoms with E-state index in [1.54, 1.807) is 43.3 Å². The van der Waals surface area contributed by atoms with E-state index in [1.165, 1.54) is 18.4 Å². The molecule has 8 heteroatoms. The molecule has 0 saturated carbocycles. The van der Waals surface area contributed by atoms with E-state index in [0.717, 1.165) is 10.2 Å². The molecule has 0 saturated heterocycles. The summed E-state index contributed by atoms with van der Waals surface area (Å²) in [4.78, 5) is 42.6. The Kier molecular flexibility index (Phi) is 6.98. The smallest absolute Gasteiger partial charge is 0.339 e. The number of nitrogens with zero attached hydrogens (tertiary/aromatic N) is 1. The Morgan fingerprint density at radius 3 is 2.32 bits per heavy atom. The first-order valence-electron chi connectivity index (χ1n) is 10.7. The fraction of sp³-hybridized carbons (Fsp3) is 0.154. The largest absolute Gasteiger partial charge is 0.465 e. The maximum atomic E-state index is 13.1. The van der Waals surface area contributed by atoms with Crippen LogP contribution in [0.5, 0.6) is 0 Å². The maximum absolute atomic E-state index is 13.1. The van der Waals surface area contributed by atoms with Gasteiger partial charge in [-0.25, -0.2) is 14.6 Å². The van der Waals surface area contributed by atoms with E-state index >= 15 is 0 Å². The number of anilines is 1. The van der Waals surface area contributed by atoms with E-state index in [4.69, 9.17) is 9.47 Å². The summed E-state index contributed by atoms with van der Waals surface area (Å²) in [6.45, 7) is 1.74. The molecule has 3 aromatic carbocycles. The summed E-state index contributed by atoms with van der Waals surface area (Å²) in [5.74, 6) is -1.74. The second-order valence-corrected chi connectivity index (χ2v) is 8.39. The normalized spacial score (nSPS) is 11.6. The fourth-order valence-electron chi connectivity index (χ4n) is 3.44. The second kappa shape index (κ2) is 10.3. The number of methoxy groups -OCH3 is 1. The Morgan fingerprint density at radius 2 is 1.59 bits per heavy atom. The maximum Gasteiger partial charge on any atom is 0.339 e. The SMILES string of the molecule is CCC(OC(=O)c1ccccc1-c1nc2ccccc2s1)C(=O)Nc1ccccc1C(=O)OC. The van der Waals surface area contributed by atoms with Gasteiger partial charge in [-0.15, -0.1) is 11.3 Å². The number of esters is 2. The van der Waals surface area contributed by atoms with Crippen LogP contribution in [0.25, 0.3) is 20.8 Å². The van der Waals surface area contributed by atoms with Gasteiger partial charge in [0.15, 0.2) is 6.10 Å². The van der Waals surface area contributed by atoms with Crippen LogP contribution in [0.15, 0.2) is 72.8 Å². The summed E-state index contributed by atoms with van der Waals surface area (Å²) in [5, 5.41) is 3.36. The number of hydrogen-bond acceptors (Lipinski definition) is 7. The highest BCUT2D eigenvalue weighted by Crippen LogP contribution is 2.32. The topological polar surface area (TPSA) is 94.6 Å². The molecule has 4 aromatic rings. The summed E-state index contributed by atoms with van der Waals surface area (Å²) in [6, 6.07) is 21.2. The highest BCUT2D eigenvalue weighted by Gasteiger charge is 2.25. The quantitative estimate of drug-likeness (QED) is 0.364. The van der Waals surface area contributed by atoms with Crippen LogP contribution in [0.1, 0.15) is 34.1 Å². The lowest BCUT2D eigenvalue weighted by molar-refractivity contribution is -0.124. The zero-order chi connectivity index (χ0) is 24.1. The fourth-order valence-corrected chi connectivity index (χ4v) is 4.45. The molecule has 0 bridgehead atoms. The lowest BCUT2D eigenvalue weighted by Gasteiger charge is -2.18. The van der Waals surface area contributed by atoms with Crippen molar-refractivity contribution >= 4 is 45.1 Å². The summed E-state index contributed by atoms with van der Waals surface area (Å²) < 4.78 is 11.4. The Bertz CT molecular complexity index is 1330. The van der Waals surface area contributed by atoms with Gasteiger partial charge in [0, 0.05) is 5.56 Å². The standard InChI is InChI=1S/C26H22N2O5S/c1-3-21(23(29)27-19-13-7-6-12-18(19)25(30)32-2)33-26(31)17-11-5-4-10-16(17)24-28-20-14-8-9-15-22(20)34-24/h4-15,21H,3H2,1-2H3,(H,27,29). The van der Waals surface area contributed by atoms with Gasteiger partial charge >= 0.3 is 11.9 Å². The second-order valence-electron chi connectivity index (χ2n) is 7.36. The Morgan fingerprint density at radius 1 is 0.912 bits per heavy atom. The first-order chi connectivity index (χ1) is 16.5. The monoisotopic (exact) mass is 474 g/mol. The average Bonchev–Trinajstić information content (AvgIpc) is 3.31. The van der Waals surface area contributed by atoms with Crippen LogP contribution in [0.2, 0.25) is 0 Å². The molecule has 7 nitrogen and oxygen atoms in total. The number of fused-ring (bicyclic) bond motifs is 1. The van der Waals surface area contributed by atoms with Gasteiger partial charge in [-0.2, -0.15) is 0 Å². The molecule has 1 amide bonds. The van der Waals surface area contributed by atoms with E-state index in [9.17, 15) is 14.4 Å². The lowest BCUT2D eigenvalue weighted by atomic mass is 10.1. The predicted octanol–water partition coefficient (Wildman–Crippen LogP) is 5.32. The van der Waals surface area contributed by atoms with E-state index < -0.39 is 23.9 Å². The van der Waals surface area contributed by atoms with Crippen LogP contribution in [0.4, 0.5) is 5.69 Å². The number of hydrogen-bond donors (Lipinski definition) is 1. The van der Waals surface area contributed by atoms with Gasteiger partial charge < -0.3 is 14.8 Å². The highest BCUT2D eigenvalue weighted by molar-refractivity contribution is 7.21. The van der Waals surface area contributed by atoms with Crippen molar-refractivity contribution in [2.45, 2.75) is 19.4 Å². The minimum absolute atomic E-state index is 0.209. The molecule has 0 spiro atoms. The number of ether oxygens (including phenoxy) is 2. The molecule has 1 unspecified atom stereocenters. The van der Waals surface area contributed by atoms with Gasteiger partial charge in [-0.3, -0.25) is 4.79 Å². The summed E-state index contributed by atoms with van der Waals surface area (Å²) >= 11 is 1.48. The number of carbonyl (C=O) groups excluding carboxylic acids is 3. The predicted molar refractivity (Wildman–Crippen MR) is 131 cm³/mol. The average molecular weight is 475 g/mol. The van der Waals surface area contributed by atoms with Crippen LogP contribution in [0.3, 0.4) is 0 Å². The van der Waals surface area contributed by atoms with Gasteiger partial charge in [0.1, 0.15) is 5.01 Å². The van der Waals surface area contributed by atoms with E-state index in [1.807, 2.05) is 36.4 Å². The van der Waals surface area contributed by atoms with Crippen molar-refractivity contribution in [2.75, 3.05) is 12.4 Å². The minimum Gasteiger partial charge on any atom is -0.465 e. The van der Waals surface area contributed by atoms with Crippen molar-refractivity contribution < 1.29 is 23.9 Å². The van der Waals surface area contributed by atoms with E-state index in [-0.39, 0.29) is 17.7 Å². The van der Waals surface area contributed by atoms with Gasteiger partial charge in [-0.05, 0) is 36.8 Å². The molecular formula is C26H22N2O5S.